The Morgan fingerprint density at radius 3 is 2.53 bits per heavy atom. The van der Waals surface area contributed by atoms with Gasteiger partial charge in [0.25, 0.3) is 5.91 Å². The van der Waals surface area contributed by atoms with Crippen LogP contribution in [0.4, 0.5) is 15.0 Å². The van der Waals surface area contributed by atoms with Crippen molar-refractivity contribution in [3.63, 3.8) is 0 Å². The number of primary amides is 2. The van der Waals surface area contributed by atoms with Gasteiger partial charge in [-0.05, 0) is 18.2 Å². The number of halogens is 1. The van der Waals surface area contributed by atoms with Gasteiger partial charge in [0, 0.05) is 11.3 Å². The van der Waals surface area contributed by atoms with Gasteiger partial charge < -0.3 is 16.5 Å². The molecule has 98 valence electrons. The summed E-state index contributed by atoms with van der Waals surface area (Å²) in [6, 6.07) is 6.33. The first kappa shape index (κ1) is 12.6. The van der Waals surface area contributed by atoms with Crippen molar-refractivity contribution in [3.05, 3.63) is 41.7 Å². The summed E-state index contributed by atoms with van der Waals surface area (Å²) in [5.41, 5.74) is 11.2. The lowest BCUT2D eigenvalue weighted by Crippen LogP contribution is -2.22. The summed E-state index contributed by atoms with van der Waals surface area (Å²) >= 11 is 0. The number of hydrogen-bond donors (Lipinski definition) is 4. The lowest BCUT2D eigenvalue weighted by atomic mass is 10.1. The van der Waals surface area contributed by atoms with Gasteiger partial charge in [-0.2, -0.15) is 0 Å². The number of amides is 3. The first-order chi connectivity index (χ1) is 8.97. The molecule has 6 N–H and O–H groups in total. The zero-order valence-electron chi connectivity index (χ0n) is 9.74. The summed E-state index contributed by atoms with van der Waals surface area (Å²) in [7, 11) is 0. The topological polar surface area (TPSA) is 114 Å². The molecule has 0 aliphatic carbocycles. The molecule has 2 aromatic rings. The second kappa shape index (κ2) is 4.81. The number of H-pyrrole nitrogens is 1. The van der Waals surface area contributed by atoms with Crippen molar-refractivity contribution in [1.82, 2.24) is 4.98 Å². The number of anilines is 1. The van der Waals surface area contributed by atoms with Crippen molar-refractivity contribution in [3.8, 4) is 11.3 Å². The molecule has 0 radical (unpaired) electrons. The molecule has 1 heterocycles. The molecule has 0 bridgehead atoms. The Kier molecular flexibility index (Phi) is 3.19. The van der Waals surface area contributed by atoms with E-state index in [1.807, 2.05) is 0 Å². The Morgan fingerprint density at radius 1 is 1.21 bits per heavy atom. The third-order valence-electron chi connectivity index (χ3n) is 2.47. The zero-order chi connectivity index (χ0) is 14.0. The predicted octanol–water partition coefficient (Wildman–Crippen LogP) is 1.41. The van der Waals surface area contributed by atoms with E-state index < -0.39 is 17.8 Å². The van der Waals surface area contributed by atoms with Crippen molar-refractivity contribution in [2.45, 2.75) is 0 Å². The molecule has 1 aromatic heterocycles. The Balaban J connectivity index is 2.48. The predicted molar refractivity (Wildman–Crippen MR) is 67.9 cm³/mol. The van der Waals surface area contributed by atoms with E-state index in [2.05, 4.69) is 10.3 Å². The summed E-state index contributed by atoms with van der Waals surface area (Å²) in [5.74, 6) is -1.07. The van der Waals surface area contributed by atoms with E-state index in [1.54, 1.807) is 6.07 Å². The zero-order valence-corrected chi connectivity index (χ0v) is 9.74. The van der Waals surface area contributed by atoms with Crippen LogP contribution < -0.4 is 16.8 Å². The molecule has 6 nitrogen and oxygen atoms in total. The molecular weight excluding hydrogens is 251 g/mol. The molecule has 0 saturated carbocycles. The summed E-state index contributed by atoms with van der Waals surface area (Å²) < 4.78 is 13.1. The summed E-state index contributed by atoms with van der Waals surface area (Å²) in [4.78, 5) is 24.8. The highest BCUT2D eigenvalue weighted by Crippen LogP contribution is 2.25. The Morgan fingerprint density at radius 2 is 1.95 bits per heavy atom. The van der Waals surface area contributed by atoms with Crippen LogP contribution in [0.15, 0.2) is 30.3 Å². The van der Waals surface area contributed by atoms with Crippen LogP contribution in [0.5, 0.6) is 0 Å². The van der Waals surface area contributed by atoms with Crippen molar-refractivity contribution >= 4 is 17.8 Å². The Bertz CT molecular complexity index is 651. The summed E-state index contributed by atoms with van der Waals surface area (Å²) in [6.45, 7) is 0. The van der Waals surface area contributed by atoms with E-state index in [4.69, 9.17) is 11.5 Å². The van der Waals surface area contributed by atoms with Crippen LogP contribution in [0.1, 0.15) is 10.4 Å². The van der Waals surface area contributed by atoms with Crippen LogP contribution in [-0.4, -0.2) is 16.9 Å². The van der Waals surface area contributed by atoms with E-state index in [1.165, 1.54) is 24.3 Å². The molecule has 0 saturated heterocycles. The fourth-order valence-electron chi connectivity index (χ4n) is 1.68. The number of nitrogens with two attached hydrogens (primary N) is 2. The molecule has 7 heteroatoms. The quantitative estimate of drug-likeness (QED) is 0.669. The number of aromatic nitrogens is 1. The van der Waals surface area contributed by atoms with E-state index in [0.29, 0.717) is 11.3 Å². The van der Waals surface area contributed by atoms with Gasteiger partial charge in [0.15, 0.2) is 0 Å². The van der Waals surface area contributed by atoms with Gasteiger partial charge >= 0.3 is 6.03 Å². The van der Waals surface area contributed by atoms with Gasteiger partial charge in [-0.25, -0.2) is 9.18 Å². The normalized spacial score (nSPS) is 10.2. The number of nitrogens with one attached hydrogen (secondary N) is 2. The molecule has 0 unspecified atom stereocenters. The largest absolute Gasteiger partial charge is 0.365 e. The van der Waals surface area contributed by atoms with Gasteiger partial charge in [0.05, 0.1) is 5.56 Å². The maximum atomic E-state index is 13.1. The van der Waals surface area contributed by atoms with Crippen LogP contribution in [0.25, 0.3) is 11.3 Å². The summed E-state index contributed by atoms with van der Waals surface area (Å²) in [5, 5.41) is 2.25. The third-order valence-corrected chi connectivity index (χ3v) is 2.47. The standard InChI is InChI=1S/C12H11FN4O2/c13-7-3-1-2-6(4-7)9-5-8(10(14)18)11(16-9)17-12(15)19/h1-5,16H,(H2,14,18)(H3,15,17,19). The minimum absolute atomic E-state index is 0.0676. The molecule has 0 aliphatic heterocycles. The lowest BCUT2D eigenvalue weighted by Gasteiger charge is -2.00. The average molecular weight is 262 g/mol. The molecule has 1 aromatic carbocycles. The van der Waals surface area contributed by atoms with Crippen LogP contribution >= 0.6 is 0 Å². The Labute approximate surface area is 107 Å². The minimum atomic E-state index is -0.838. The fraction of sp³-hybridized carbons (Fsp3) is 0. The maximum absolute atomic E-state index is 13.1. The monoisotopic (exact) mass is 262 g/mol. The van der Waals surface area contributed by atoms with E-state index >= 15 is 0 Å². The van der Waals surface area contributed by atoms with E-state index in [-0.39, 0.29) is 11.4 Å². The highest BCUT2D eigenvalue weighted by Gasteiger charge is 2.15. The molecule has 19 heavy (non-hydrogen) atoms. The second-order valence-electron chi connectivity index (χ2n) is 3.84. The highest BCUT2D eigenvalue weighted by molar-refractivity contribution is 6.02. The first-order valence-corrected chi connectivity index (χ1v) is 5.32. The molecule has 3 amide bonds. The number of carbonyl (C=O) groups is 2. The number of aromatic amines is 1. The van der Waals surface area contributed by atoms with Gasteiger partial charge in [0.2, 0.25) is 0 Å². The Hall–Kier alpha value is -2.83. The molecular formula is C12H11FN4O2. The fourth-order valence-corrected chi connectivity index (χ4v) is 1.68. The average Bonchev–Trinajstić information content (AvgIpc) is 2.72. The van der Waals surface area contributed by atoms with Crippen LogP contribution in [0, 0.1) is 5.82 Å². The van der Waals surface area contributed by atoms with Gasteiger partial charge in [0.1, 0.15) is 11.6 Å². The molecule has 2 rings (SSSR count). The number of rotatable bonds is 3. The number of hydrogen-bond acceptors (Lipinski definition) is 2. The van der Waals surface area contributed by atoms with Crippen molar-refractivity contribution in [2.75, 3.05) is 5.32 Å². The molecule has 0 aliphatic rings. The highest BCUT2D eigenvalue weighted by atomic mass is 19.1. The number of urea groups is 1. The van der Waals surface area contributed by atoms with Crippen LogP contribution in [0.2, 0.25) is 0 Å². The van der Waals surface area contributed by atoms with E-state index in [0.717, 1.165) is 0 Å². The third kappa shape index (κ3) is 2.71. The van der Waals surface area contributed by atoms with E-state index in [9.17, 15) is 14.0 Å². The van der Waals surface area contributed by atoms with Crippen molar-refractivity contribution in [1.29, 1.82) is 0 Å². The molecule has 0 atom stereocenters. The number of carbonyl (C=O) groups excluding carboxylic acids is 2. The second-order valence-corrected chi connectivity index (χ2v) is 3.84. The lowest BCUT2D eigenvalue weighted by molar-refractivity contribution is 0.100. The van der Waals surface area contributed by atoms with Gasteiger partial charge in [-0.15, -0.1) is 0 Å². The van der Waals surface area contributed by atoms with Crippen molar-refractivity contribution < 1.29 is 14.0 Å². The van der Waals surface area contributed by atoms with Gasteiger partial charge in [-0.1, -0.05) is 12.1 Å². The van der Waals surface area contributed by atoms with Gasteiger partial charge in [-0.3, -0.25) is 10.1 Å². The molecule has 0 fully saturated rings. The minimum Gasteiger partial charge on any atom is -0.365 e. The maximum Gasteiger partial charge on any atom is 0.317 e. The number of benzene rings is 1. The van der Waals surface area contributed by atoms with Crippen LogP contribution in [0.3, 0.4) is 0 Å². The first-order valence-electron chi connectivity index (χ1n) is 5.32. The van der Waals surface area contributed by atoms with Crippen LogP contribution in [-0.2, 0) is 0 Å². The smallest absolute Gasteiger partial charge is 0.317 e. The SMILES string of the molecule is NC(=O)Nc1[nH]c(-c2cccc(F)c2)cc1C(N)=O. The van der Waals surface area contributed by atoms with Crippen molar-refractivity contribution in [2.24, 2.45) is 11.5 Å². The summed E-state index contributed by atoms with van der Waals surface area (Å²) in [6.07, 6.45) is 0. The molecule has 0 spiro atoms.